The van der Waals surface area contributed by atoms with Crippen LogP contribution in [-0.4, -0.2) is 33.3 Å². The van der Waals surface area contributed by atoms with Crippen LogP contribution in [0.25, 0.3) is 16.0 Å². The van der Waals surface area contributed by atoms with Gasteiger partial charge in [-0.15, -0.1) is 0 Å². The Kier molecular flexibility index (Phi) is 5.95. The number of aromatic nitrogens is 1. The molecule has 10 heteroatoms. The first-order valence-electron chi connectivity index (χ1n) is 11.0. The standard InChI is InChI=1S/C26H19N3O6S/c1-2-35-18-12-13-19-20(14-18)36-26(27-19)28-22(15-8-10-17(11-9-15)29(33)34)21(24(31)25(28)32)23(30)16-6-4-3-5-7-16/h3-14,22,30H,2H2,1H3/t22-/m1/s1. The van der Waals surface area contributed by atoms with Gasteiger partial charge >= 0.3 is 5.91 Å². The van der Waals surface area contributed by atoms with E-state index in [1.807, 2.05) is 6.92 Å². The van der Waals surface area contributed by atoms with Gasteiger partial charge in [-0.25, -0.2) is 4.98 Å². The number of anilines is 1. The average molecular weight is 502 g/mol. The van der Waals surface area contributed by atoms with E-state index < -0.39 is 22.7 Å². The molecule has 9 nitrogen and oxygen atoms in total. The highest BCUT2D eigenvalue weighted by Gasteiger charge is 2.48. The Morgan fingerprint density at radius 2 is 1.83 bits per heavy atom. The Labute approximate surface area is 209 Å². The van der Waals surface area contributed by atoms with Crippen molar-refractivity contribution < 1.29 is 24.4 Å². The van der Waals surface area contributed by atoms with Crippen molar-refractivity contribution in [3.8, 4) is 5.75 Å². The molecule has 4 aromatic rings. The topological polar surface area (TPSA) is 123 Å². The normalized spacial score (nSPS) is 17.0. The van der Waals surface area contributed by atoms with Crippen LogP contribution in [0.1, 0.15) is 24.1 Å². The van der Waals surface area contributed by atoms with E-state index in [-0.39, 0.29) is 22.2 Å². The molecule has 0 aliphatic carbocycles. The Morgan fingerprint density at radius 1 is 1.11 bits per heavy atom. The number of hydrogen-bond donors (Lipinski definition) is 1. The summed E-state index contributed by atoms with van der Waals surface area (Å²) in [6.45, 7) is 2.37. The number of aliphatic hydroxyl groups excluding tert-OH is 1. The molecular weight excluding hydrogens is 482 g/mol. The number of hydrogen-bond acceptors (Lipinski definition) is 8. The number of thiazole rings is 1. The van der Waals surface area contributed by atoms with Gasteiger partial charge in [-0.05, 0) is 42.8 Å². The van der Waals surface area contributed by atoms with Crippen molar-refractivity contribution in [1.29, 1.82) is 0 Å². The van der Waals surface area contributed by atoms with E-state index in [1.165, 1.54) is 40.5 Å². The van der Waals surface area contributed by atoms with Crippen LogP contribution in [0, 0.1) is 10.1 Å². The molecule has 0 spiro atoms. The lowest BCUT2D eigenvalue weighted by Crippen LogP contribution is -2.29. The zero-order valence-electron chi connectivity index (χ0n) is 19.0. The fourth-order valence-electron chi connectivity index (χ4n) is 4.13. The largest absolute Gasteiger partial charge is 0.507 e. The van der Waals surface area contributed by atoms with Crippen LogP contribution in [0.3, 0.4) is 0 Å². The maximum Gasteiger partial charge on any atom is 0.301 e. The highest BCUT2D eigenvalue weighted by molar-refractivity contribution is 7.22. The van der Waals surface area contributed by atoms with Crippen LogP contribution >= 0.6 is 11.3 Å². The van der Waals surface area contributed by atoms with E-state index in [9.17, 15) is 24.8 Å². The molecule has 1 fully saturated rings. The summed E-state index contributed by atoms with van der Waals surface area (Å²) in [5, 5.41) is 22.6. The van der Waals surface area contributed by atoms with Crippen molar-refractivity contribution >= 4 is 49.8 Å². The number of nitro benzene ring substituents is 1. The zero-order chi connectivity index (χ0) is 25.4. The molecule has 2 heterocycles. The minimum atomic E-state index is -1.03. The molecule has 1 aliphatic rings. The third-order valence-electron chi connectivity index (χ3n) is 5.78. The molecule has 1 atom stereocenters. The van der Waals surface area contributed by atoms with Crippen molar-refractivity contribution in [2.45, 2.75) is 13.0 Å². The number of nitro groups is 1. The summed E-state index contributed by atoms with van der Waals surface area (Å²) >= 11 is 1.21. The zero-order valence-corrected chi connectivity index (χ0v) is 19.8. The molecule has 1 aromatic heterocycles. The quantitative estimate of drug-likeness (QED) is 0.126. The number of benzene rings is 3. The second-order valence-electron chi connectivity index (χ2n) is 7.94. The minimum Gasteiger partial charge on any atom is -0.507 e. The van der Waals surface area contributed by atoms with Crippen LogP contribution in [0.4, 0.5) is 10.8 Å². The van der Waals surface area contributed by atoms with E-state index in [2.05, 4.69) is 4.98 Å². The van der Waals surface area contributed by atoms with Crippen LogP contribution in [0.5, 0.6) is 5.75 Å². The van der Waals surface area contributed by atoms with Gasteiger partial charge in [0.2, 0.25) is 0 Å². The molecule has 180 valence electrons. The number of ether oxygens (including phenoxy) is 1. The van der Waals surface area contributed by atoms with Gasteiger partial charge in [0.05, 0.1) is 33.4 Å². The van der Waals surface area contributed by atoms with Crippen molar-refractivity contribution in [2.24, 2.45) is 0 Å². The summed E-state index contributed by atoms with van der Waals surface area (Å²) in [6.07, 6.45) is 0. The van der Waals surface area contributed by atoms with Crippen LogP contribution in [0.15, 0.2) is 78.4 Å². The number of rotatable bonds is 6. The summed E-state index contributed by atoms with van der Waals surface area (Å²) in [5.74, 6) is -1.40. The van der Waals surface area contributed by atoms with Gasteiger partial charge < -0.3 is 9.84 Å². The summed E-state index contributed by atoms with van der Waals surface area (Å²) in [4.78, 5) is 43.0. The fraction of sp³-hybridized carbons (Fsp3) is 0.115. The first-order valence-corrected chi connectivity index (χ1v) is 11.8. The summed E-state index contributed by atoms with van der Waals surface area (Å²) in [5.41, 5.74) is 1.15. The molecule has 1 saturated heterocycles. The van der Waals surface area contributed by atoms with Crippen LogP contribution in [0.2, 0.25) is 0 Å². The highest BCUT2D eigenvalue weighted by Crippen LogP contribution is 2.44. The molecule has 1 N–H and O–H groups in total. The number of carbonyl (C=O) groups excluding carboxylic acids is 2. The van der Waals surface area contributed by atoms with Gasteiger partial charge in [-0.1, -0.05) is 41.7 Å². The minimum absolute atomic E-state index is 0.116. The lowest BCUT2D eigenvalue weighted by atomic mass is 9.95. The fourth-order valence-corrected chi connectivity index (χ4v) is 5.15. The average Bonchev–Trinajstić information content (AvgIpc) is 3.42. The molecule has 1 aliphatic heterocycles. The smallest absolute Gasteiger partial charge is 0.301 e. The van der Waals surface area contributed by atoms with Gasteiger partial charge in [0.15, 0.2) is 5.13 Å². The molecule has 5 rings (SSSR count). The summed E-state index contributed by atoms with van der Waals surface area (Å²) in [7, 11) is 0. The molecule has 0 radical (unpaired) electrons. The maximum absolute atomic E-state index is 13.3. The third kappa shape index (κ3) is 3.97. The number of amides is 1. The Balaban J connectivity index is 1.69. The number of fused-ring (bicyclic) bond motifs is 1. The van der Waals surface area contributed by atoms with E-state index in [1.54, 1.807) is 48.5 Å². The van der Waals surface area contributed by atoms with Crippen molar-refractivity contribution in [1.82, 2.24) is 4.98 Å². The van der Waals surface area contributed by atoms with Gasteiger partial charge in [0, 0.05) is 17.7 Å². The first kappa shape index (κ1) is 23.2. The number of nitrogens with zero attached hydrogens (tertiary/aromatic N) is 3. The van der Waals surface area contributed by atoms with Gasteiger partial charge in [0.1, 0.15) is 11.5 Å². The highest BCUT2D eigenvalue weighted by atomic mass is 32.1. The maximum atomic E-state index is 13.3. The van der Waals surface area contributed by atoms with E-state index >= 15 is 0 Å². The van der Waals surface area contributed by atoms with E-state index in [0.717, 1.165) is 4.70 Å². The van der Waals surface area contributed by atoms with Gasteiger partial charge in [0.25, 0.3) is 11.5 Å². The first-order chi connectivity index (χ1) is 17.4. The van der Waals surface area contributed by atoms with Crippen molar-refractivity contribution in [3.05, 3.63) is 99.6 Å². The number of carbonyl (C=O) groups is 2. The van der Waals surface area contributed by atoms with Gasteiger partial charge in [-0.3, -0.25) is 24.6 Å². The lowest BCUT2D eigenvalue weighted by Gasteiger charge is -2.22. The third-order valence-corrected chi connectivity index (χ3v) is 6.79. The second kappa shape index (κ2) is 9.23. The molecule has 36 heavy (non-hydrogen) atoms. The van der Waals surface area contributed by atoms with Crippen molar-refractivity contribution in [2.75, 3.05) is 11.5 Å². The summed E-state index contributed by atoms with van der Waals surface area (Å²) in [6, 6.07) is 18.3. The SMILES string of the molecule is CCOc1ccc2nc(N3C(=O)C(=O)C(=C(O)c4ccccc4)[C@H]3c3ccc([N+](=O)[O-])cc3)sc2c1. The number of aliphatic hydroxyl groups is 1. The molecule has 1 amide bonds. The predicted molar refractivity (Wildman–Crippen MR) is 135 cm³/mol. The second-order valence-corrected chi connectivity index (χ2v) is 8.95. The monoisotopic (exact) mass is 501 g/mol. The Hall–Kier alpha value is -4.57. The number of Topliss-reactive ketones (excluding diaryl/α,β-unsaturated/α-hetero) is 1. The van der Waals surface area contributed by atoms with Gasteiger partial charge in [-0.2, -0.15) is 0 Å². The van der Waals surface area contributed by atoms with Crippen molar-refractivity contribution in [3.63, 3.8) is 0 Å². The Bertz CT molecular complexity index is 1530. The molecule has 3 aromatic carbocycles. The Morgan fingerprint density at radius 3 is 2.50 bits per heavy atom. The molecule has 0 bridgehead atoms. The predicted octanol–water partition coefficient (Wildman–Crippen LogP) is 5.23. The van der Waals surface area contributed by atoms with Crippen LogP contribution < -0.4 is 9.64 Å². The molecule has 0 unspecified atom stereocenters. The lowest BCUT2D eigenvalue weighted by molar-refractivity contribution is -0.384. The molecular formula is C26H19N3O6S. The van der Waals surface area contributed by atoms with E-state index in [0.29, 0.717) is 29.0 Å². The summed E-state index contributed by atoms with van der Waals surface area (Å²) < 4.78 is 6.31. The van der Waals surface area contributed by atoms with E-state index in [4.69, 9.17) is 4.74 Å². The molecule has 0 saturated carbocycles. The number of non-ortho nitro benzene ring substituents is 1. The number of ketones is 1. The van der Waals surface area contributed by atoms with Crippen LogP contribution in [-0.2, 0) is 9.59 Å².